The van der Waals surface area contributed by atoms with Crippen molar-refractivity contribution in [2.24, 2.45) is 0 Å². The van der Waals surface area contributed by atoms with Gasteiger partial charge >= 0.3 is 0 Å². The zero-order valence-electron chi connectivity index (χ0n) is 14.8. The number of fused-ring (bicyclic) bond motifs is 1. The summed E-state index contributed by atoms with van der Waals surface area (Å²) in [4.78, 5) is 16.8. The van der Waals surface area contributed by atoms with Crippen molar-refractivity contribution in [3.8, 4) is 0 Å². The van der Waals surface area contributed by atoms with Crippen LogP contribution in [0.3, 0.4) is 0 Å². The molecule has 0 aliphatic rings. The van der Waals surface area contributed by atoms with Gasteiger partial charge < -0.3 is 14.3 Å². The van der Waals surface area contributed by atoms with E-state index in [1.54, 1.807) is 12.4 Å². The molecule has 0 aliphatic heterocycles. The second-order valence-electron chi connectivity index (χ2n) is 6.39. The van der Waals surface area contributed by atoms with Crippen LogP contribution in [0.15, 0.2) is 69.8 Å². The predicted molar refractivity (Wildman–Crippen MR) is 108 cm³/mol. The summed E-state index contributed by atoms with van der Waals surface area (Å²) in [5, 5.41) is 2.98. The Labute approximate surface area is 165 Å². The van der Waals surface area contributed by atoms with E-state index in [-0.39, 0.29) is 5.91 Å². The van der Waals surface area contributed by atoms with Crippen LogP contribution in [0.25, 0.3) is 11.1 Å². The predicted octanol–water partition coefficient (Wildman–Crippen LogP) is 4.68. The monoisotopic (exact) mass is 423 g/mol. The smallest absolute Gasteiger partial charge is 0.268 e. The fourth-order valence-electron chi connectivity index (χ4n) is 3.07. The maximum Gasteiger partial charge on any atom is 0.268 e. The van der Waals surface area contributed by atoms with Crippen molar-refractivity contribution in [2.75, 3.05) is 0 Å². The van der Waals surface area contributed by atoms with Gasteiger partial charge in [-0.15, -0.1) is 0 Å². The van der Waals surface area contributed by atoms with Gasteiger partial charge in [0.05, 0.1) is 5.52 Å². The first kappa shape index (κ1) is 17.5. The van der Waals surface area contributed by atoms with E-state index in [9.17, 15) is 4.79 Å². The Morgan fingerprint density at radius 2 is 1.85 bits per heavy atom. The van der Waals surface area contributed by atoms with Crippen LogP contribution in [-0.2, 0) is 13.1 Å². The van der Waals surface area contributed by atoms with Crippen LogP contribution in [0.5, 0.6) is 0 Å². The molecule has 4 rings (SSSR count). The number of carbonyl (C=O) groups excluding carboxylic acids is 1. The van der Waals surface area contributed by atoms with E-state index >= 15 is 0 Å². The van der Waals surface area contributed by atoms with Crippen molar-refractivity contribution < 1.29 is 9.21 Å². The second-order valence-corrected chi connectivity index (χ2v) is 7.30. The lowest BCUT2D eigenvalue weighted by molar-refractivity contribution is 0.0942. The highest BCUT2D eigenvalue weighted by Crippen LogP contribution is 2.25. The molecule has 6 heteroatoms. The number of hydrogen-bond donors (Lipinski definition) is 1. The van der Waals surface area contributed by atoms with Crippen LogP contribution < -0.4 is 5.32 Å². The Morgan fingerprint density at radius 3 is 2.59 bits per heavy atom. The van der Waals surface area contributed by atoms with Crippen molar-refractivity contribution in [3.05, 3.63) is 88.0 Å². The lowest BCUT2D eigenvalue weighted by Gasteiger charge is -2.11. The summed E-state index contributed by atoms with van der Waals surface area (Å²) in [5.74, 6) is 0.696. The quantitative estimate of drug-likeness (QED) is 0.506. The normalized spacial score (nSPS) is 11.0. The van der Waals surface area contributed by atoms with Crippen molar-refractivity contribution >= 4 is 32.9 Å². The van der Waals surface area contributed by atoms with Gasteiger partial charge in [-0.2, -0.15) is 0 Å². The minimum Gasteiger partial charge on any atom is -0.460 e. The number of furan rings is 1. The minimum absolute atomic E-state index is 0.132. The van der Waals surface area contributed by atoms with Gasteiger partial charge in [0.2, 0.25) is 0 Å². The summed E-state index contributed by atoms with van der Waals surface area (Å²) in [6, 6.07) is 15.6. The molecule has 0 aliphatic carbocycles. The van der Waals surface area contributed by atoms with Gasteiger partial charge in [0.15, 0.2) is 5.58 Å². The first-order valence-electron chi connectivity index (χ1n) is 8.61. The topological polar surface area (TPSA) is 60.1 Å². The van der Waals surface area contributed by atoms with E-state index in [1.165, 1.54) is 0 Å². The third kappa shape index (κ3) is 3.80. The number of amides is 1. The molecule has 3 heterocycles. The molecule has 3 aromatic heterocycles. The number of carbonyl (C=O) groups is 1. The molecule has 27 heavy (non-hydrogen) atoms. The summed E-state index contributed by atoms with van der Waals surface area (Å²) < 4.78 is 8.77. The molecule has 0 bridgehead atoms. The van der Waals surface area contributed by atoms with Crippen LogP contribution in [0.4, 0.5) is 0 Å². The fraction of sp³-hybridized carbons (Fsp3) is 0.143. The number of nitrogens with zero attached hydrogens (tertiary/aromatic N) is 2. The molecule has 1 N–H and O–H groups in total. The number of rotatable bonds is 5. The summed E-state index contributed by atoms with van der Waals surface area (Å²) in [7, 11) is 0. The number of pyridine rings is 1. The molecule has 0 atom stereocenters. The lowest BCUT2D eigenvalue weighted by Crippen LogP contribution is -2.25. The molecule has 4 aromatic rings. The van der Waals surface area contributed by atoms with Gasteiger partial charge in [0.25, 0.3) is 5.91 Å². The highest BCUT2D eigenvalue weighted by Gasteiger charge is 2.18. The van der Waals surface area contributed by atoms with Gasteiger partial charge in [-0.1, -0.05) is 28.1 Å². The molecule has 0 radical (unpaired) electrons. The Bertz CT molecular complexity index is 1080. The van der Waals surface area contributed by atoms with Crippen LogP contribution in [-0.4, -0.2) is 15.5 Å². The average Bonchev–Trinajstić information content (AvgIpc) is 3.19. The van der Waals surface area contributed by atoms with E-state index in [2.05, 4.69) is 26.2 Å². The first-order chi connectivity index (χ1) is 13.1. The fourth-order valence-corrected chi connectivity index (χ4v) is 3.33. The molecule has 1 aromatic carbocycles. The number of halogens is 1. The number of aryl methyl sites for hydroxylation is 1. The average molecular weight is 424 g/mol. The maximum absolute atomic E-state index is 12.8. The zero-order valence-corrected chi connectivity index (χ0v) is 16.4. The molecule has 0 spiro atoms. The number of aromatic nitrogens is 2. The molecular weight excluding hydrogens is 406 g/mol. The number of benzene rings is 1. The van der Waals surface area contributed by atoms with Crippen molar-refractivity contribution in [1.82, 2.24) is 14.9 Å². The first-order valence-corrected chi connectivity index (χ1v) is 9.40. The van der Waals surface area contributed by atoms with Gasteiger partial charge in [0, 0.05) is 42.1 Å². The molecule has 136 valence electrons. The van der Waals surface area contributed by atoms with E-state index in [1.807, 2.05) is 60.0 Å². The Kier molecular flexibility index (Phi) is 4.81. The van der Waals surface area contributed by atoms with Gasteiger partial charge in [0.1, 0.15) is 11.5 Å². The van der Waals surface area contributed by atoms with E-state index < -0.39 is 0 Å². The highest BCUT2D eigenvalue weighted by molar-refractivity contribution is 9.10. The summed E-state index contributed by atoms with van der Waals surface area (Å²) >= 11 is 3.46. The molecule has 0 saturated heterocycles. The van der Waals surface area contributed by atoms with Gasteiger partial charge in [-0.3, -0.25) is 9.78 Å². The van der Waals surface area contributed by atoms with Crippen LogP contribution in [0.2, 0.25) is 0 Å². The molecular formula is C21H18BrN3O2. The molecule has 0 unspecified atom stereocenters. The second kappa shape index (κ2) is 7.40. The summed E-state index contributed by atoms with van der Waals surface area (Å²) in [5.41, 5.74) is 4.34. The minimum atomic E-state index is -0.132. The third-order valence-electron chi connectivity index (χ3n) is 4.40. The largest absolute Gasteiger partial charge is 0.460 e. The molecule has 1 amide bonds. The van der Waals surface area contributed by atoms with Crippen LogP contribution in [0, 0.1) is 6.92 Å². The van der Waals surface area contributed by atoms with Gasteiger partial charge in [-0.25, -0.2) is 0 Å². The van der Waals surface area contributed by atoms with Crippen LogP contribution in [0.1, 0.15) is 27.4 Å². The third-order valence-corrected chi connectivity index (χ3v) is 4.93. The standard InChI is InChI=1S/C21H18BrN3O2/c1-14-10-18-20(27-14)11-19(21(26)24-12-15-6-8-23-9-7-15)25(18)13-16-2-4-17(22)5-3-16/h2-11H,12-13H2,1H3,(H,24,26). The van der Waals surface area contributed by atoms with Crippen LogP contribution >= 0.6 is 15.9 Å². The Morgan fingerprint density at radius 1 is 1.11 bits per heavy atom. The van der Waals surface area contributed by atoms with Crippen molar-refractivity contribution in [3.63, 3.8) is 0 Å². The Hall–Kier alpha value is -2.86. The van der Waals surface area contributed by atoms with Crippen molar-refractivity contribution in [1.29, 1.82) is 0 Å². The Balaban J connectivity index is 1.64. The zero-order chi connectivity index (χ0) is 18.8. The maximum atomic E-state index is 12.8. The molecule has 0 saturated carbocycles. The van der Waals surface area contributed by atoms with Gasteiger partial charge in [-0.05, 0) is 42.3 Å². The lowest BCUT2D eigenvalue weighted by atomic mass is 10.2. The number of hydrogen-bond acceptors (Lipinski definition) is 3. The van der Waals surface area contributed by atoms with E-state index in [0.29, 0.717) is 18.8 Å². The molecule has 0 fully saturated rings. The number of nitrogens with one attached hydrogen (secondary N) is 1. The molecule has 5 nitrogen and oxygen atoms in total. The highest BCUT2D eigenvalue weighted by atomic mass is 79.9. The summed E-state index contributed by atoms with van der Waals surface area (Å²) in [6.07, 6.45) is 3.43. The summed E-state index contributed by atoms with van der Waals surface area (Å²) in [6.45, 7) is 2.95. The van der Waals surface area contributed by atoms with E-state index in [0.717, 1.165) is 32.5 Å². The van der Waals surface area contributed by atoms with E-state index in [4.69, 9.17) is 4.42 Å². The van der Waals surface area contributed by atoms with Crippen molar-refractivity contribution in [2.45, 2.75) is 20.0 Å². The SMILES string of the molecule is Cc1cc2c(cc(C(=O)NCc3ccncc3)n2Cc2ccc(Br)cc2)o1.